The summed E-state index contributed by atoms with van der Waals surface area (Å²) in [6, 6.07) is 0. The van der Waals surface area contributed by atoms with E-state index >= 15 is 0 Å². The van der Waals surface area contributed by atoms with Crippen LogP contribution in [-0.2, 0) is 19.1 Å². The van der Waals surface area contributed by atoms with Crippen LogP contribution in [0.2, 0.25) is 0 Å². The second-order valence-electron chi connectivity index (χ2n) is 20.9. The number of carbonyl (C=O) groups excluding carboxylic acids is 2. The van der Waals surface area contributed by atoms with Gasteiger partial charge in [0.15, 0.2) is 0 Å². The van der Waals surface area contributed by atoms with Crippen LogP contribution in [0, 0.1) is 21.7 Å². The van der Waals surface area contributed by atoms with Crippen LogP contribution < -0.4 is 0 Å². The SMILES string of the molecule is CN1C(C)(C(C)(C)C)CC(OC(=O)CCCCCCCCC(=O)OC2CC(C)(C(C)(C)C)N(C)C(C)(C(C)(C)C)C2)CC1(C)C(C)(C)C. The lowest BCUT2D eigenvalue weighted by molar-refractivity contribution is -0.183. The summed E-state index contributed by atoms with van der Waals surface area (Å²) in [4.78, 5) is 31.2. The lowest BCUT2D eigenvalue weighted by Gasteiger charge is -2.64. The van der Waals surface area contributed by atoms with Crippen molar-refractivity contribution < 1.29 is 19.1 Å². The molecule has 0 aromatic carbocycles. The first-order valence-electron chi connectivity index (χ1n) is 19.3. The molecule has 2 fully saturated rings. The van der Waals surface area contributed by atoms with Gasteiger partial charge in [-0.3, -0.25) is 19.4 Å². The quantitative estimate of drug-likeness (QED) is 0.160. The first-order valence-corrected chi connectivity index (χ1v) is 19.3. The van der Waals surface area contributed by atoms with E-state index in [2.05, 4.69) is 135 Å². The van der Waals surface area contributed by atoms with Crippen LogP contribution in [0.1, 0.15) is 188 Å². The standard InChI is InChI=1S/C42H80N2O4/c1-35(2,3)39(13)27-31(28-40(14,43(39)17)36(4,5)6)47-33(45)25-23-21-19-20-22-24-26-34(46)48-32-29-41(15,37(7,8)9)44(18)42(16,30-32)38(10,11)12/h31-32H,19-30H2,1-18H3. The van der Waals surface area contributed by atoms with Crippen molar-refractivity contribution in [2.75, 3.05) is 14.1 Å². The summed E-state index contributed by atoms with van der Waals surface area (Å²) in [6.45, 7) is 37.0. The zero-order valence-corrected chi connectivity index (χ0v) is 35.2. The van der Waals surface area contributed by atoms with E-state index in [0.717, 1.165) is 64.2 Å². The molecule has 2 rings (SSSR count). The van der Waals surface area contributed by atoms with Crippen LogP contribution >= 0.6 is 0 Å². The molecule has 2 aliphatic rings. The number of piperidine rings is 2. The van der Waals surface area contributed by atoms with Crippen LogP contribution in [-0.4, -0.2) is 70.2 Å². The van der Waals surface area contributed by atoms with Crippen LogP contribution in [0.5, 0.6) is 0 Å². The topological polar surface area (TPSA) is 59.1 Å². The summed E-state index contributed by atoms with van der Waals surface area (Å²) < 4.78 is 12.4. The molecule has 6 nitrogen and oxygen atoms in total. The highest BCUT2D eigenvalue weighted by molar-refractivity contribution is 5.70. The molecular weight excluding hydrogens is 596 g/mol. The molecule has 282 valence electrons. The minimum Gasteiger partial charge on any atom is -0.462 e. The number of ether oxygens (including phenoxy) is 2. The average molecular weight is 677 g/mol. The molecule has 0 amide bonds. The van der Waals surface area contributed by atoms with Gasteiger partial charge in [-0.05, 0) is 76.3 Å². The number of likely N-dealkylation sites (tertiary alicyclic amines) is 2. The maximum absolute atomic E-state index is 13.0. The summed E-state index contributed by atoms with van der Waals surface area (Å²) in [5.41, 5.74) is -0.158. The molecule has 0 aromatic rings. The van der Waals surface area contributed by atoms with E-state index in [1.54, 1.807) is 0 Å². The molecular formula is C42H80N2O4. The molecule has 0 radical (unpaired) electrons. The van der Waals surface area contributed by atoms with Crippen LogP contribution in [0.3, 0.4) is 0 Å². The van der Waals surface area contributed by atoms with Crippen LogP contribution in [0.4, 0.5) is 0 Å². The number of esters is 2. The minimum atomic E-state index is -0.0855. The van der Waals surface area contributed by atoms with Crippen molar-refractivity contribution >= 4 is 11.9 Å². The molecule has 6 heteroatoms. The summed E-state index contributed by atoms with van der Waals surface area (Å²) in [7, 11) is 4.52. The Labute approximate surface area is 298 Å². The van der Waals surface area contributed by atoms with Gasteiger partial charge in [0.1, 0.15) is 12.2 Å². The highest BCUT2D eigenvalue weighted by Crippen LogP contribution is 2.54. The smallest absolute Gasteiger partial charge is 0.306 e. The first-order chi connectivity index (χ1) is 21.5. The zero-order chi connectivity index (χ0) is 37.4. The van der Waals surface area contributed by atoms with E-state index in [9.17, 15) is 9.59 Å². The normalized spacial score (nSPS) is 33.0. The largest absolute Gasteiger partial charge is 0.462 e. The average Bonchev–Trinajstić information content (AvgIpc) is 2.89. The highest BCUT2D eigenvalue weighted by atomic mass is 16.5. The van der Waals surface area contributed by atoms with Gasteiger partial charge in [0, 0.05) is 60.7 Å². The number of hydrogen-bond donors (Lipinski definition) is 0. The molecule has 0 aliphatic carbocycles. The number of unbranched alkanes of at least 4 members (excludes halogenated alkanes) is 5. The maximum atomic E-state index is 13.0. The van der Waals surface area contributed by atoms with Crippen molar-refractivity contribution in [3.8, 4) is 0 Å². The van der Waals surface area contributed by atoms with Gasteiger partial charge < -0.3 is 9.47 Å². The van der Waals surface area contributed by atoms with Gasteiger partial charge in [-0.25, -0.2) is 0 Å². The molecule has 4 unspecified atom stereocenters. The van der Waals surface area contributed by atoms with E-state index < -0.39 is 0 Å². The molecule has 2 aliphatic heterocycles. The maximum Gasteiger partial charge on any atom is 0.306 e. The summed E-state index contributed by atoms with van der Waals surface area (Å²) in [5.74, 6) is -0.113. The van der Waals surface area contributed by atoms with Gasteiger partial charge in [-0.2, -0.15) is 0 Å². The minimum absolute atomic E-state index is 0.0459. The van der Waals surface area contributed by atoms with Gasteiger partial charge in [0.25, 0.3) is 0 Å². The number of hydrogen-bond acceptors (Lipinski definition) is 6. The van der Waals surface area contributed by atoms with Gasteiger partial charge in [-0.15, -0.1) is 0 Å². The second kappa shape index (κ2) is 14.8. The van der Waals surface area contributed by atoms with Crippen molar-refractivity contribution in [3.05, 3.63) is 0 Å². The Morgan fingerprint density at radius 3 is 0.896 bits per heavy atom. The molecule has 4 atom stereocenters. The Hall–Kier alpha value is -1.14. The molecule has 0 aromatic heterocycles. The number of nitrogens with zero attached hydrogens (tertiary/aromatic N) is 2. The van der Waals surface area contributed by atoms with Crippen molar-refractivity contribution in [1.82, 2.24) is 9.80 Å². The van der Waals surface area contributed by atoms with E-state index in [1.165, 1.54) is 0 Å². The van der Waals surface area contributed by atoms with Gasteiger partial charge >= 0.3 is 11.9 Å². The van der Waals surface area contributed by atoms with Gasteiger partial charge in [-0.1, -0.05) is 109 Å². The van der Waals surface area contributed by atoms with Crippen LogP contribution in [0.15, 0.2) is 0 Å². The number of carbonyl (C=O) groups is 2. The second-order valence-corrected chi connectivity index (χ2v) is 20.9. The molecule has 0 saturated carbocycles. The molecule has 2 heterocycles. The van der Waals surface area contributed by atoms with Gasteiger partial charge in [0.05, 0.1) is 0 Å². The molecule has 0 bridgehead atoms. The van der Waals surface area contributed by atoms with Crippen molar-refractivity contribution in [1.29, 1.82) is 0 Å². The van der Waals surface area contributed by atoms with Crippen molar-refractivity contribution in [3.63, 3.8) is 0 Å². The third-order valence-electron chi connectivity index (χ3n) is 14.5. The fourth-order valence-corrected chi connectivity index (χ4v) is 8.69. The Kier molecular flexibility index (Phi) is 13.3. The fraction of sp³-hybridized carbons (Fsp3) is 0.952. The Balaban J connectivity index is 1.79. The Morgan fingerprint density at radius 1 is 0.479 bits per heavy atom. The summed E-state index contributed by atoms with van der Waals surface area (Å²) in [5, 5.41) is 0. The molecule has 48 heavy (non-hydrogen) atoms. The Bertz CT molecular complexity index is 945. The third kappa shape index (κ3) is 9.01. The lowest BCUT2D eigenvalue weighted by Crippen LogP contribution is -2.70. The predicted octanol–water partition coefficient (Wildman–Crippen LogP) is 10.6. The van der Waals surface area contributed by atoms with E-state index in [1.807, 2.05) is 0 Å². The zero-order valence-electron chi connectivity index (χ0n) is 35.2. The molecule has 0 spiro atoms. The molecule has 0 N–H and O–H groups in total. The highest BCUT2D eigenvalue weighted by Gasteiger charge is 2.59. The monoisotopic (exact) mass is 677 g/mol. The van der Waals surface area contributed by atoms with E-state index in [4.69, 9.17) is 9.47 Å². The van der Waals surface area contributed by atoms with Crippen molar-refractivity contribution in [2.24, 2.45) is 21.7 Å². The van der Waals surface area contributed by atoms with E-state index in [0.29, 0.717) is 12.8 Å². The third-order valence-corrected chi connectivity index (χ3v) is 14.5. The summed E-state index contributed by atoms with van der Waals surface area (Å²) >= 11 is 0. The predicted molar refractivity (Wildman–Crippen MR) is 202 cm³/mol. The number of rotatable bonds is 11. The van der Waals surface area contributed by atoms with Crippen LogP contribution in [0.25, 0.3) is 0 Å². The first kappa shape index (κ1) is 43.0. The summed E-state index contributed by atoms with van der Waals surface area (Å²) in [6.07, 6.45) is 10.1. The lowest BCUT2D eigenvalue weighted by atomic mass is 9.59. The van der Waals surface area contributed by atoms with Crippen molar-refractivity contribution in [2.45, 2.75) is 222 Å². The Morgan fingerprint density at radius 2 is 0.688 bits per heavy atom. The molecule has 2 saturated heterocycles. The fourth-order valence-electron chi connectivity index (χ4n) is 8.69. The van der Waals surface area contributed by atoms with E-state index in [-0.39, 0.29) is 68.0 Å². The van der Waals surface area contributed by atoms with Gasteiger partial charge in [0.2, 0.25) is 0 Å².